The average molecular weight is 285 g/mol. The van der Waals surface area contributed by atoms with Crippen LogP contribution in [-0.2, 0) is 12.8 Å². The summed E-state index contributed by atoms with van der Waals surface area (Å²) in [6.07, 6.45) is 9.25. The van der Waals surface area contributed by atoms with Crippen LogP contribution < -0.4 is 4.90 Å². The first kappa shape index (κ1) is 14.3. The third-order valence-electron chi connectivity index (χ3n) is 4.78. The highest BCUT2D eigenvalue weighted by atomic mass is 16.3. The molecular formula is C17H23N3O. The first-order chi connectivity index (χ1) is 10.3. The number of rotatable bonds is 4. The lowest BCUT2D eigenvalue weighted by Gasteiger charge is -2.35. The minimum atomic E-state index is 0.111. The Bertz CT molecular complexity index is 544. The van der Waals surface area contributed by atoms with Crippen molar-refractivity contribution in [3.8, 4) is 6.07 Å². The summed E-state index contributed by atoms with van der Waals surface area (Å²) in [5.41, 5.74) is 3.07. The van der Waals surface area contributed by atoms with E-state index in [1.165, 1.54) is 24.8 Å². The summed E-state index contributed by atoms with van der Waals surface area (Å²) in [4.78, 5) is 7.00. The number of nitrogens with zero attached hydrogens (tertiary/aromatic N) is 3. The number of hydrogen-bond donors (Lipinski definition) is 1. The Labute approximate surface area is 126 Å². The molecule has 0 unspecified atom stereocenters. The summed E-state index contributed by atoms with van der Waals surface area (Å²) in [6.45, 7) is 0.686. The molecule has 21 heavy (non-hydrogen) atoms. The Hall–Kier alpha value is -1.60. The molecular weight excluding hydrogens is 262 g/mol. The molecule has 1 heterocycles. The molecule has 0 amide bonds. The van der Waals surface area contributed by atoms with Crippen molar-refractivity contribution in [2.45, 2.75) is 57.4 Å². The lowest BCUT2D eigenvalue weighted by Crippen LogP contribution is -2.40. The summed E-state index contributed by atoms with van der Waals surface area (Å²) >= 11 is 0. The molecule has 1 aromatic rings. The van der Waals surface area contributed by atoms with E-state index in [1.54, 1.807) is 0 Å². The molecule has 0 radical (unpaired) electrons. The largest absolute Gasteiger partial charge is 0.395 e. The van der Waals surface area contributed by atoms with Crippen molar-refractivity contribution < 1.29 is 5.11 Å². The number of aliphatic hydroxyl groups is 1. The van der Waals surface area contributed by atoms with E-state index in [4.69, 9.17) is 4.98 Å². The first-order valence-electron chi connectivity index (χ1n) is 8.14. The van der Waals surface area contributed by atoms with E-state index in [0.717, 1.165) is 43.6 Å². The van der Waals surface area contributed by atoms with Gasteiger partial charge in [0.2, 0.25) is 0 Å². The number of aryl methyl sites for hydroxylation is 2. The summed E-state index contributed by atoms with van der Waals surface area (Å²) in [6, 6.07) is 4.76. The summed E-state index contributed by atoms with van der Waals surface area (Å²) in [7, 11) is 0. The molecule has 0 bridgehead atoms. The van der Waals surface area contributed by atoms with Crippen LogP contribution in [0.15, 0.2) is 6.07 Å². The zero-order valence-electron chi connectivity index (χ0n) is 12.5. The fraction of sp³-hybridized carbons (Fsp3) is 0.647. The Balaban J connectivity index is 1.96. The third-order valence-corrected chi connectivity index (χ3v) is 4.78. The summed E-state index contributed by atoms with van der Waals surface area (Å²) < 4.78 is 0. The number of pyridine rings is 1. The molecule has 4 heteroatoms. The van der Waals surface area contributed by atoms with Crippen LogP contribution in [0.25, 0.3) is 0 Å². The van der Waals surface area contributed by atoms with E-state index in [0.29, 0.717) is 18.2 Å². The second-order valence-electron chi connectivity index (χ2n) is 6.14. The highest BCUT2D eigenvalue weighted by Crippen LogP contribution is 2.31. The number of aliphatic hydroxyl groups excluding tert-OH is 1. The van der Waals surface area contributed by atoms with E-state index < -0.39 is 0 Å². The molecule has 1 saturated carbocycles. The van der Waals surface area contributed by atoms with Gasteiger partial charge in [0, 0.05) is 18.3 Å². The molecule has 112 valence electrons. The Kier molecular flexibility index (Phi) is 4.40. The van der Waals surface area contributed by atoms with Crippen LogP contribution >= 0.6 is 0 Å². The van der Waals surface area contributed by atoms with Gasteiger partial charge in [0.25, 0.3) is 0 Å². The van der Waals surface area contributed by atoms with Crippen molar-refractivity contribution in [2.24, 2.45) is 0 Å². The fourth-order valence-corrected chi connectivity index (χ4v) is 3.72. The van der Waals surface area contributed by atoms with Crippen LogP contribution in [-0.4, -0.2) is 29.3 Å². The van der Waals surface area contributed by atoms with Gasteiger partial charge in [-0.2, -0.15) is 5.26 Å². The monoisotopic (exact) mass is 285 g/mol. The Morgan fingerprint density at radius 2 is 2.05 bits per heavy atom. The number of aromatic nitrogens is 1. The standard InChI is InChI=1S/C17H23N3O/c18-12-14-11-13-5-4-8-16(13)19-17(14)20(9-10-21)15-6-2-1-3-7-15/h11,15,21H,1-10H2. The number of nitriles is 1. The third kappa shape index (κ3) is 2.89. The van der Waals surface area contributed by atoms with Crippen LogP contribution in [0.5, 0.6) is 0 Å². The van der Waals surface area contributed by atoms with Gasteiger partial charge < -0.3 is 10.0 Å². The second kappa shape index (κ2) is 6.44. The van der Waals surface area contributed by atoms with Gasteiger partial charge in [-0.25, -0.2) is 4.98 Å². The van der Waals surface area contributed by atoms with Crippen molar-refractivity contribution in [1.29, 1.82) is 5.26 Å². The van der Waals surface area contributed by atoms with Gasteiger partial charge in [-0.15, -0.1) is 0 Å². The van der Waals surface area contributed by atoms with Gasteiger partial charge in [-0.05, 0) is 43.7 Å². The predicted molar refractivity (Wildman–Crippen MR) is 82.3 cm³/mol. The molecule has 1 fully saturated rings. The van der Waals surface area contributed by atoms with Gasteiger partial charge in [-0.1, -0.05) is 19.3 Å². The average Bonchev–Trinajstić information content (AvgIpc) is 2.99. The molecule has 2 aliphatic rings. The molecule has 2 aliphatic carbocycles. The maximum atomic E-state index is 9.49. The second-order valence-corrected chi connectivity index (χ2v) is 6.14. The van der Waals surface area contributed by atoms with Crippen LogP contribution in [0.4, 0.5) is 5.82 Å². The molecule has 1 aromatic heterocycles. The number of hydrogen-bond acceptors (Lipinski definition) is 4. The molecule has 0 saturated heterocycles. The SMILES string of the molecule is N#Cc1cc2c(nc1N(CCO)C1CCCCC1)CCC2. The maximum Gasteiger partial charge on any atom is 0.147 e. The Morgan fingerprint density at radius 3 is 2.76 bits per heavy atom. The van der Waals surface area contributed by atoms with Crippen molar-refractivity contribution >= 4 is 5.82 Å². The predicted octanol–water partition coefficient (Wildman–Crippen LogP) is 2.57. The lowest BCUT2D eigenvalue weighted by molar-refractivity contribution is 0.289. The van der Waals surface area contributed by atoms with E-state index >= 15 is 0 Å². The van der Waals surface area contributed by atoms with Crippen molar-refractivity contribution in [3.05, 3.63) is 22.9 Å². The molecule has 1 N–H and O–H groups in total. The number of anilines is 1. The highest BCUT2D eigenvalue weighted by molar-refractivity contribution is 5.57. The van der Waals surface area contributed by atoms with Crippen molar-refractivity contribution in [2.75, 3.05) is 18.1 Å². The number of fused-ring (bicyclic) bond motifs is 1. The molecule has 3 rings (SSSR count). The topological polar surface area (TPSA) is 60.2 Å². The van der Waals surface area contributed by atoms with Crippen molar-refractivity contribution in [3.63, 3.8) is 0 Å². The van der Waals surface area contributed by atoms with Gasteiger partial charge in [0.15, 0.2) is 0 Å². The molecule has 4 nitrogen and oxygen atoms in total. The van der Waals surface area contributed by atoms with E-state index in [-0.39, 0.29) is 6.61 Å². The first-order valence-corrected chi connectivity index (χ1v) is 8.14. The molecule has 0 spiro atoms. The highest BCUT2D eigenvalue weighted by Gasteiger charge is 2.26. The van der Waals surface area contributed by atoms with Crippen molar-refractivity contribution in [1.82, 2.24) is 4.98 Å². The Morgan fingerprint density at radius 1 is 1.24 bits per heavy atom. The lowest BCUT2D eigenvalue weighted by atomic mass is 9.94. The zero-order chi connectivity index (χ0) is 14.7. The molecule has 0 aromatic carbocycles. The quantitative estimate of drug-likeness (QED) is 0.923. The van der Waals surface area contributed by atoms with Gasteiger partial charge in [-0.3, -0.25) is 0 Å². The molecule has 0 aliphatic heterocycles. The minimum Gasteiger partial charge on any atom is -0.395 e. The molecule has 0 atom stereocenters. The minimum absolute atomic E-state index is 0.111. The fourth-order valence-electron chi connectivity index (χ4n) is 3.72. The van der Waals surface area contributed by atoms with Gasteiger partial charge >= 0.3 is 0 Å². The smallest absolute Gasteiger partial charge is 0.147 e. The zero-order valence-corrected chi connectivity index (χ0v) is 12.5. The van der Waals surface area contributed by atoms with Crippen LogP contribution in [0.3, 0.4) is 0 Å². The van der Waals surface area contributed by atoms with E-state index in [9.17, 15) is 10.4 Å². The van der Waals surface area contributed by atoms with Crippen LogP contribution in [0.1, 0.15) is 55.3 Å². The maximum absolute atomic E-state index is 9.49. The van der Waals surface area contributed by atoms with Crippen LogP contribution in [0.2, 0.25) is 0 Å². The van der Waals surface area contributed by atoms with Gasteiger partial charge in [0.1, 0.15) is 11.9 Å². The van der Waals surface area contributed by atoms with E-state index in [1.807, 2.05) is 6.07 Å². The summed E-state index contributed by atoms with van der Waals surface area (Å²) in [5, 5.41) is 18.9. The van der Waals surface area contributed by atoms with Crippen LogP contribution in [0, 0.1) is 11.3 Å². The summed E-state index contributed by atoms with van der Waals surface area (Å²) in [5.74, 6) is 0.805. The van der Waals surface area contributed by atoms with E-state index in [2.05, 4.69) is 11.0 Å². The van der Waals surface area contributed by atoms with Gasteiger partial charge in [0.05, 0.1) is 12.2 Å². The normalized spacial score (nSPS) is 18.3.